The van der Waals surface area contributed by atoms with Gasteiger partial charge in [-0.2, -0.15) is 0 Å². The second kappa shape index (κ2) is 4.13. The van der Waals surface area contributed by atoms with Gasteiger partial charge in [-0.25, -0.2) is 0 Å². The van der Waals surface area contributed by atoms with Gasteiger partial charge in [0.2, 0.25) is 0 Å². The van der Waals surface area contributed by atoms with Crippen molar-refractivity contribution in [1.82, 2.24) is 0 Å². The number of hydrogen-bond acceptors (Lipinski definition) is 4. The molecule has 0 spiro atoms. The Morgan fingerprint density at radius 2 is 2.23 bits per heavy atom. The normalized spacial score (nSPS) is 9.69. The summed E-state index contributed by atoms with van der Waals surface area (Å²) in [6.45, 7) is 0. The van der Waals surface area contributed by atoms with Gasteiger partial charge in [-0.3, -0.25) is 10.1 Å². The molecular formula is C8H9NO3S. The third kappa shape index (κ3) is 2.12. The Labute approximate surface area is 80.1 Å². The van der Waals surface area contributed by atoms with Crippen molar-refractivity contribution < 1.29 is 9.66 Å². The Morgan fingerprint density at radius 1 is 1.54 bits per heavy atom. The van der Waals surface area contributed by atoms with Crippen molar-refractivity contribution >= 4 is 17.4 Å². The second-order valence-electron chi connectivity index (χ2n) is 2.29. The van der Waals surface area contributed by atoms with Gasteiger partial charge in [0.1, 0.15) is 0 Å². The molecule has 0 atom stereocenters. The minimum atomic E-state index is -0.446. The van der Waals surface area contributed by atoms with E-state index in [0.717, 1.165) is 4.90 Å². The quantitative estimate of drug-likeness (QED) is 0.426. The Bertz CT molecular complexity index is 327. The third-order valence-corrected chi connectivity index (χ3v) is 2.31. The first-order chi connectivity index (χ1) is 6.19. The molecule has 0 heterocycles. The zero-order valence-corrected chi connectivity index (χ0v) is 8.13. The molecular weight excluding hydrogens is 190 g/mol. The minimum Gasteiger partial charge on any atom is -0.490 e. The number of nitro groups is 1. The number of methoxy groups -OCH3 is 1. The van der Waals surface area contributed by atoms with Gasteiger partial charge in [-0.15, -0.1) is 11.8 Å². The molecule has 0 saturated carbocycles. The van der Waals surface area contributed by atoms with Crippen LogP contribution in [0.3, 0.4) is 0 Å². The van der Waals surface area contributed by atoms with E-state index in [2.05, 4.69) is 0 Å². The monoisotopic (exact) mass is 199 g/mol. The second-order valence-corrected chi connectivity index (χ2v) is 3.17. The molecule has 4 nitrogen and oxygen atoms in total. The van der Waals surface area contributed by atoms with Crippen LogP contribution < -0.4 is 4.74 Å². The van der Waals surface area contributed by atoms with Crippen LogP contribution in [0.15, 0.2) is 23.1 Å². The fourth-order valence-corrected chi connectivity index (χ4v) is 1.37. The molecule has 70 valence electrons. The van der Waals surface area contributed by atoms with E-state index < -0.39 is 4.92 Å². The van der Waals surface area contributed by atoms with Gasteiger partial charge in [0.25, 0.3) is 0 Å². The topological polar surface area (TPSA) is 52.4 Å². The van der Waals surface area contributed by atoms with Crippen LogP contribution in [0.4, 0.5) is 5.69 Å². The molecule has 0 unspecified atom stereocenters. The van der Waals surface area contributed by atoms with Crippen LogP contribution in [0.5, 0.6) is 5.75 Å². The fraction of sp³-hybridized carbons (Fsp3) is 0.250. The van der Waals surface area contributed by atoms with Gasteiger partial charge in [0.15, 0.2) is 5.75 Å². The Balaban J connectivity index is 3.18. The summed E-state index contributed by atoms with van der Waals surface area (Å²) in [6, 6.07) is 4.89. The zero-order valence-electron chi connectivity index (χ0n) is 7.31. The number of hydrogen-bond donors (Lipinski definition) is 0. The molecule has 1 aromatic carbocycles. The van der Waals surface area contributed by atoms with Crippen molar-refractivity contribution in [3.8, 4) is 5.75 Å². The molecule has 0 saturated heterocycles. The average molecular weight is 199 g/mol. The predicted octanol–water partition coefficient (Wildman–Crippen LogP) is 2.33. The predicted molar refractivity (Wildman–Crippen MR) is 51.4 cm³/mol. The lowest BCUT2D eigenvalue weighted by atomic mass is 10.3. The lowest BCUT2D eigenvalue weighted by Crippen LogP contribution is -1.93. The summed E-state index contributed by atoms with van der Waals surface area (Å²) in [5.41, 5.74) is 0.00866. The molecule has 1 rings (SSSR count). The van der Waals surface area contributed by atoms with Crippen molar-refractivity contribution in [3.05, 3.63) is 28.3 Å². The van der Waals surface area contributed by atoms with E-state index in [0.29, 0.717) is 5.75 Å². The van der Waals surface area contributed by atoms with E-state index in [-0.39, 0.29) is 5.69 Å². The van der Waals surface area contributed by atoms with Crippen LogP contribution in [-0.4, -0.2) is 18.3 Å². The van der Waals surface area contributed by atoms with Crippen LogP contribution in [0.25, 0.3) is 0 Å². The summed E-state index contributed by atoms with van der Waals surface area (Å²) < 4.78 is 4.86. The highest BCUT2D eigenvalue weighted by atomic mass is 32.2. The number of benzene rings is 1. The summed E-state index contributed by atoms with van der Waals surface area (Å²) in [4.78, 5) is 11.0. The maximum Gasteiger partial charge on any atom is 0.312 e. The van der Waals surface area contributed by atoms with Crippen LogP contribution in [0, 0.1) is 10.1 Å². The summed E-state index contributed by atoms with van der Waals surface area (Å²) in [5, 5.41) is 10.6. The van der Waals surface area contributed by atoms with Crippen molar-refractivity contribution in [2.45, 2.75) is 4.90 Å². The van der Waals surface area contributed by atoms with E-state index in [4.69, 9.17) is 4.74 Å². The molecule has 0 aromatic heterocycles. The van der Waals surface area contributed by atoms with E-state index in [9.17, 15) is 10.1 Å². The van der Waals surface area contributed by atoms with Crippen LogP contribution in [-0.2, 0) is 0 Å². The van der Waals surface area contributed by atoms with Gasteiger partial charge in [0.05, 0.1) is 12.0 Å². The molecule has 0 bridgehead atoms. The van der Waals surface area contributed by atoms with E-state index in [1.807, 2.05) is 6.26 Å². The van der Waals surface area contributed by atoms with Crippen molar-refractivity contribution in [2.24, 2.45) is 0 Å². The first-order valence-electron chi connectivity index (χ1n) is 3.55. The molecule has 0 aliphatic carbocycles. The summed E-state index contributed by atoms with van der Waals surface area (Å²) in [5.74, 6) is 0.294. The lowest BCUT2D eigenvalue weighted by Gasteiger charge is -2.02. The number of nitro benzene ring substituents is 1. The maximum atomic E-state index is 10.6. The van der Waals surface area contributed by atoms with Gasteiger partial charge in [-0.05, 0) is 18.4 Å². The molecule has 5 heteroatoms. The van der Waals surface area contributed by atoms with Crippen molar-refractivity contribution in [1.29, 1.82) is 0 Å². The Morgan fingerprint density at radius 3 is 2.69 bits per heavy atom. The molecule has 0 amide bonds. The van der Waals surface area contributed by atoms with Crippen molar-refractivity contribution in [3.63, 3.8) is 0 Å². The minimum absolute atomic E-state index is 0.00866. The van der Waals surface area contributed by atoms with Crippen LogP contribution in [0.2, 0.25) is 0 Å². The molecule has 0 radical (unpaired) electrons. The number of thioether (sulfide) groups is 1. The Hall–Kier alpha value is -1.23. The maximum absolute atomic E-state index is 10.6. The van der Waals surface area contributed by atoms with Gasteiger partial charge in [-0.1, -0.05) is 0 Å². The highest BCUT2D eigenvalue weighted by Crippen LogP contribution is 2.30. The number of nitrogens with zero attached hydrogens (tertiary/aromatic N) is 1. The fourth-order valence-electron chi connectivity index (χ4n) is 0.939. The van der Waals surface area contributed by atoms with E-state index in [1.54, 1.807) is 12.1 Å². The lowest BCUT2D eigenvalue weighted by molar-refractivity contribution is -0.386. The molecule has 13 heavy (non-hydrogen) atoms. The Kier molecular flexibility index (Phi) is 3.13. The number of rotatable bonds is 3. The summed E-state index contributed by atoms with van der Waals surface area (Å²) >= 11 is 1.46. The summed E-state index contributed by atoms with van der Waals surface area (Å²) in [6.07, 6.45) is 1.87. The van der Waals surface area contributed by atoms with Crippen molar-refractivity contribution in [2.75, 3.05) is 13.4 Å². The smallest absolute Gasteiger partial charge is 0.312 e. The highest BCUT2D eigenvalue weighted by Gasteiger charge is 2.14. The molecule has 1 aromatic rings. The molecule has 0 N–H and O–H groups in total. The van der Waals surface area contributed by atoms with Crippen LogP contribution >= 0.6 is 11.8 Å². The first-order valence-corrected chi connectivity index (χ1v) is 4.78. The largest absolute Gasteiger partial charge is 0.490 e. The van der Waals surface area contributed by atoms with E-state index >= 15 is 0 Å². The highest BCUT2D eigenvalue weighted by molar-refractivity contribution is 7.98. The SMILES string of the molecule is COc1ccc(SC)cc1[N+](=O)[O-]. The molecule has 0 fully saturated rings. The first kappa shape index (κ1) is 9.85. The molecule has 0 aliphatic heterocycles. The molecule has 0 aliphatic rings. The van der Waals surface area contributed by atoms with Crippen LogP contribution in [0.1, 0.15) is 0 Å². The standard InChI is InChI=1S/C8H9NO3S/c1-12-8-4-3-6(13-2)5-7(8)9(10)11/h3-5H,1-2H3. The third-order valence-electron chi connectivity index (χ3n) is 1.58. The van der Waals surface area contributed by atoms with Gasteiger partial charge in [0, 0.05) is 11.0 Å². The average Bonchev–Trinajstić information content (AvgIpc) is 2.16. The van der Waals surface area contributed by atoms with Gasteiger partial charge < -0.3 is 4.74 Å². The van der Waals surface area contributed by atoms with Gasteiger partial charge >= 0.3 is 5.69 Å². The summed E-state index contributed by atoms with van der Waals surface area (Å²) in [7, 11) is 1.42. The number of ether oxygens (including phenoxy) is 1. The zero-order chi connectivity index (χ0) is 9.84. The van der Waals surface area contributed by atoms with E-state index in [1.165, 1.54) is 24.9 Å².